The monoisotopic (exact) mass is 487 g/mol. The predicted molar refractivity (Wildman–Crippen MR) is 128 cm³/mol. The lowest BCUT2D eigenvalue weighted by molar-refractivity contribution is 0.0996. The van der Waals surface area contributed by atoms with Crippen molar-refractivity contribution in [2.45, 2.75) is 6.54 Å². The molecule has 0 radical (unpaired) electrons. The second-order valence-electron chi connectivity index (χ2n) is 7.95. The van der Waals surface area contributed by atoms with Gasteiger partial charge in [0.2, 0.25) is 11.7 Å². The molecular formula is C26H19F2N5O3. The molecule has 0 unspecified atom stereocenters. The molecule has 5 aromatic rings. The highest BCUT2D eigenvalue weighted by molar-refractivity contribution is 6.17. The standard InChI is InChI=1S/C26H19F2N5O3/c27-20-5-4-17(25(29)35)23(28)22(20)24(34)19-14-32-26-18(19)11-16(13-31-26)15-3-6-21(30-12-15)36-10-9-33-7-1-2-8-33/h1-8,11-14H,9-10H2,(H2,29,35)(H,31,32). The summed E-state index contributed by atoms with van der Waals surface area (Å²) >= 11 is 0. The summed E-state index contributed by atoms with van der Waals surface area (Å²) in [5.74, 6) is -3.99. The second kappa shape index (κ2) is 9.41. The molecule has 36 heavy (non-hydrogen) atoms. The van der Waals surface area contributed by atoms with E-state index in [2.05, 4.69) is 15.0 Å². The van der Waals surface area contributed by atoms with Gasteiger partial charge < -0.3 is 20.0 Å². The molecule has 180 valence electrons. The van der Waals surface area contributed by atoms with Gasteiger partial charge in [-0.2, -0.15) is 0 Å². The smallest absolute Gasteiger partial charge is 0.251 e. The minimum atomic E-state index is -1.30. The van der Waals surface area contributed by atoms with Crippen molar-refractivity contribution in [3.05, 3.63) is 102 Å². The van der Waals surface area contributed by atoms with E-state index in [4.69, 9.17) is 10.5 Å². The molecule has 1 amide bonds. The van der Waals surface area contributed by atoms with Crippen molar-refractivity contribution >= 4 is 22.7 Å². The number of hydrogen-bond acceptors (Lipinski definition) is 5. The van der Waals surface area contributed by atoms with Gasteiger partial charge in [0.25, 0.3) is 5.91 Å². The van der Waals surface area contributed by atoms with E-state index in [0.29, 0.717) is 41.2 Å². The first kappa shape index (κ1) is 22.9. The fourth-order valence-electron chi connectivity index (χ4n) is 3.85. The summed E-state index contributed by atoms with van der Waals surface area (Å²) in [4.78, 5) is 36.0. The first-order valence-corrected chi connectivity index (χ1v) is 10.9. The Morgan fingerprint density at radius 3 is 2.50 bits per heavy atom. The van der Waals surface area contributed by atoms with Crippen molar-refractivity contribution in [1.29, 1.82) is 0 Å². The van der Waals surface area contributed by atoms with E-state index >= 15 is 0 Å². The number of rotatable bonds is 8. The number of primary amides is 1. The van der Waals surface area contributed by atoms with Crippen molar-refractivity contribution in [2.75, 3.05) is 6.61 Å². The van der Waals surface area contributed by atoms with Gasteiger partial charge in [0.15, 0.2) is 0 Å². The fraction of sp³-hybridized carbons (Fsp3) is 0.0769. The van der Waals surface area contributed by atoms with Crippen LogP contribution in [0.15, 0.2) is 73.4 Å². The van der Waals surface area contributed by atoms with E-state index in [-0.39, 0.29) is 5.56 Å². The number of fused-ring (bicyclic) bond motifs is 1. The maximum atomic E-state index is 14.8. The number of carbonyl (C=O) groups excluding carboxylic acids is 2. The van der Waals surface area contributed by atoms with Gasteiger partial charge in [-0.15, -0.1) is 0 Å². The molecule has 4 heterocycles. The number of benzene rings is 1. The largest absolute Gasteiger partial charge is 0.476 e. The number of hydrogen-bond donors (Lipinski definition) is 2. The summed E-state index contributed by atoms with van der Waals surface area (Å²) in [6.07, 6.45) is 8.41. The van der Waals surface area contributed by atoms with Crippen LogP contribution in [0.25, 0.3) is 22.2 Å². The third kappa shape index (κ3) is 4.31. The number of H-pyrrole nitrogens is 1. The molecule has 0 bridgehead atoms. The van der Waals surface area contributed by atoms with Crippen molar-refractivity contribution in [2.24, 2.45) is 5.73 Å². The number of aromatic amines is 1. The molecule has 8 nitrogen and oxygen atoms in total. The number of ketones is 1. The summed E-state index contributed by atoms with van der Waals surface area (Å²) in [5, 5.41) is 0.354. The van der Waals surface area contributed by atoms with Gasteiger partial charge in [0.05, 0.1) is 17.7 Å². The summed E-state index contributed by atoms with van der Waals surface area (Å²) in [7, 11) is 0. The Hall–Kier alpha value is -4.86. The van der Waals surface area contributed by atoms with E-state index in [1.807, 2.05) is 29.1 Å². The lowest BCUT2D eigenvalue weighted by atomic mass is 9.98. The van der Waals surface area contributed by atoms with Crippen molar-refractivity contribution in [3.63, 3.8) is 0 Å². The predicted octanol–water partition coefficient (Wildman–Crippen LogP) is 4.11. The Labute approximate surface area is 203 Å². The molecular weight excluding hydrogens is 468 g/mol. The molecule has 4 aromatic heterocycles. The number of ether oxygens (including phenoxy) is 1. The van der Waals surface area contributed by atoms with Crippen LogP contribution in [0.4, 0.5) is 8.78 Å². The van der Waals surface area contributed by atoms with Gasteiger partial charge in [-0.3, -0.25) is 9.59 Å². The number of aromatic nitrogens is 4. The zero-order chi connectivity index (χ0) is 25.2. The molecule has 0 saturated carbocycles. The molecule has 1 aromatic carbocycles. The second-order valence-corrected chi connectivity index (χ2v) is 7.95. The molecule has 0 saturated heterocycles. The first-order chi connectivity index (χ1) is 17.4. The van der Waals surface area contributed by atoms with Gasteiger partial charge >= 0.3 is 0 Å². The highest BCUT2D eigenvalue weighted by Gasteiger charge is 2.26. The zero-order valence-electron chi connectivity index (χ0n) is 18.7. The number of nitrogens with zero attached hydrogens (tertiary/aromatic N) is 3. The molecule has 0 aliphatic carbocycles. The highest BCUT2D eigenvalue weighted by Crippen LogP contribution is 2.28. The average molecular weight is 487 g/mol. The Morgan fingerprint density at radius 1 is 1.00 bits per heavy atom. The van der Waals surface area contributed by atoms with Crippen LogP contribution in [-0.2, 0) is 6.54 Å². The number of pyridine rings is 2. The van der Waals surface area contributed by atoms with E-state index in [0.717, 1.165) is 12.1 Å². The minimum absolute atomic E-state index is 0.00306. The summed E-state index contributed by atoms with van der Waals surface area (Å²) in [6, 6.07) is 10.8. The maximum absolute atomic E-state index is 14.8. The van der Waals surface area contributed by atoms with Crippen molar-refractivity contribution < 1.29 is 23.1 Å². The Morgan fingerprint density at radius 2 is 1.78 bits per heavy atom. The van der Waals surface area contributed by atoms with E-state index in [1.165, 1.54) is 6.20 Å². The molecule has 0 spiro atoms. The normalized spacial score (nSPS) is 11.1. The molecule has 0 aliphatic heterocycles. The van der Waals surface area contributed by atoms with Crippen LogP contribution in [-0.4, -0.2) is 37.8 Å². The first-order valence-electron chi connectivity index (χ1n) is 10.9. The lowest BCUT2D eigenvalue weighted by Gasteiger charge is -2.08. The van der Waals surface area contributed by atoms with Crippen LogP contribution in [0.2, 0.25) is 0 Å². The Bertz CT molecular complexity index is 1580. The van der Waals surface area contributed by atoms with Crippen LogP contribution in [0.1, 0.15) is 26.3 Å². The van der Waals surface area contributed by atoms with E-state index in [9.17, 15) is 18.4 Å². The van der Waals surface area contributed by atoms with Crippen LogP contribution in [0, 0.1) is 11.6 Å². The number of amides is 1. The molecule has 0 aliphatic rings. The topological polar surface area (TPSA) is 116 Å². The highest BCUT2D eigenvalue weighted by atomic mass is 19.1. The minimum Gasteiger partial charge on any atom is -0.476 e. The molecule has 0 atom stereocenters. The summed E-state index contributed by atoms with van der Waals surface area (Å²) in [5.41, 5.74) is 5.40. The Kier molecular flexibility index (Phi) is 5.99. The zero-order valence-corrected chi connectivity index (χ0v) is 18.7. The van der Waals surface area contributed by atoms with Gasteiger partial charge in [-0.25, -0.2) is 18.7 Å². The Balaban J connectivity index is 1.41. The number of carbonyl (C=O) groups is 2. The van der Waals surface area contributed by atoms with E-state index < -0.39 is 34.5 Å². The number of nitrogens with two attached hydrogens (primary N) is 1. The third-order valence-electron chi connectivity index (χ3n) is 5.69. The SMILES string of the molecule is NC(=O)c1ccc(F)c(C(=O)c2c[nH]c3ncc(-c4ccc(OCCn5cccc5)nc4)cc23)c1F. The van der Waals surface area contributed by atoms with Crippen LogP contribution in [0.3, 0.4) is 0 Å². The van der Waals surface area contributed by atoms with Crippen LogP contribution in [0.5, 0.6) is 5.88 Å². The van der Waals surface area contributed by atoms with Gasteiger partial charge in [-0.05, 0) is 36.4 Å². The van der Waals surface area contributed by atoms with Gasteiger partial charge in [0.1, 0.15) is 23.9 Å². The lowest BCUT2D eigenvalue weighted by Crippen LogP contribution is -2.17. The average Bonchev–Trinajstić information content (AvgIpc) is 3.54. The summed E-state index contributed by atoms with van der Waals surface area (Å²) < 4.78 is 36.9. The van der Waals surface area contributed by atoms with E-state index in [1.54, 1.807) is 30.6 Å². The maximum Gasteiger partial charge on any atom is 0.251 e. The third-order valence-corrected chi connectivity index (χ3v) is 5.69. The van der Waals surface area contributed by atoms with Gasteiger partial charge in [0, 0.05) is 59.1 Å². The quantitative estimate of drug-likeness (QED) is 0.320. The van der Waals surface area contributed by atoms with Crippen LogP contribution >= 0.6 is 0 Å². The fourth-order valence-corrected chi connectivity index (χ4v) is 3.85. The molecule has 10 heteroatoms. The number of nitrogens with one attached hydrogen (secondary N) is 1. The summed E-state index contributed by atoms with van der Waals surface area (Å²) in [6.45, 7) is 1.14. The number of halogens is 2. The van der Waals surface area contributed by atoms with Crippen molar-refractivity contribution in [1.82, 2.24) is 19.5 Å². The molecule has 5 rings (SSSR count). The molecule has 3 N–H and O–H groups in total. The van der Waals surface area contributed by atoms with Crippen LogP contribution < -0.4 is 10.5 Å². The van der Waals surface area contributed by atoms with Gasteiger partial charge in [-0.1, -0.05) is 0 Å². The molecule has 0 fully saturated rings. The van der Waals surface area contributed by atoms with Crippen molar-refractivity contribution in [3.8, 4) is 17.0 Å².